The molecule has 3 aliphatic rings. The Hall–Kier alpha value is -2.50. The maximum Gasteiger partial charge on any atom is 0.269 e. The van der Waals surface area contributed by atoms with Crippen molar-refractivity contribution in [3.8, 4) is 0 Å². The van der Waals surface area contributed by atoms with Gasteiger partial charge >= 0.3 is 0 Å². The van der Waals surface area contributed by atoms with E-state index in [0.717, 1.165) is 31.3 Å². The molecule has 2 aliphatic carbocycles. The van der Waals surface area contributed by atoms with E-state index in [2.05, 4.69) is 36.3 Å². The molecule has 1 aromatic carbocycles. The number of aliphatic hydroxyl groups is 2. The molecule has 29 heavy (non-hydrogen) atoms. The van der Waals surface area contributed by atoms with Gasteiger partial charge < -0.3 is 15.5 Å². The fraction of sp³-hybridized carbons (Fsp3) is 0.417. The molecule has 1 heterocycles. The van der Waals surface area contributed by atoms with Gasteiger partial charge in [-0.2, -0.15) is 0 Å². The first kappa shape index (κ1) is 19.8. The average Bonchev–Trinajstić information content (AvgIpc) is 3.13. The normalized spacial score (nSPS) is 22.0. The summed E-state index contributed by atoms with van der Waals surface area (Å²) < 4.78 is 0. The van der Waals surface area contributed by atoms with Crippen LogP contribution in [0.5, 0.6) is 0 Å². The molecule has 1 amide bonds. The number of nitrogens with zero attached hydrogens (tertiary/aromatic N) is 1. The minimum absolute atomic E-state index is 0.0127. The van der Waals surface area contributed by atoms with Crippen molar-refractivity contribution in [2.45, 2.75) is 51.7 Å². The highest BCUT2D eigenvalue weighted by atomic mass is 16.3. The van der Waals surface area contributed by atoms with Crippen molar-refractivity contribution in [3.05, 3.63) is 70.0 Å². The first-order valence-electron chi connectivity index (χ1n) is 10.5. The lowest BCUT2D eigenvalue weighted by Crippen LogP contribution is -2.39. The predicted octanol–water partition coefficient (Wildman–Crippen LogP) is 2.76. The minimum atomic E-state index is -0.714. The highest BCUT2D eigenvalue weighted by Crippen LogP contribution is 2.29. The number of hydrogen-bond donors (Lipinski definition) is 3. The lowest BCUT2D eigenvalue weighted by molar-refractivity contribution is -0.113. The fourth-order valence-corrected chi connectivity index (χ4v) is 4.64. The number of fused-ring (bicyclic) bond motifs is 2. The number of amides is 1. The van der Waals surface area contributed by atoms with Crippen LogP contribution in [-0.2, 0) is 30.5 Å². The Morgan fingerprint density at radius 1 is 1.14 bits per heavy atom. The summed E-state index contributed by atoms with van der Waals surface area (Å²) in [4.78, 5) is 15.4. The third-order valence-corrected chi connectivity index (χ3v) is 6.21. The van der Waals surface area contributed by atoms with E-state index in [4.69, 9.17) is 0 Å². The highest BCUT2D eigenvalue weighted by molar-refractivity contribution is 6.13. The second kappa shape index (κ2) is 8.09. The molecule has 0 bridgehead atoms. The molecule has 5 nitrogen and oxygen atoms in total. The van der Waals surface area contributed by atoms with Gasteiger partial charge in [-0.1, -0.05) is 38.1 Å². The van der Waals surface area contributed by atoms with Gasteiger partial charge in [0.1, 0.15) is 5.76 Å². The van der Waals surface area contributed by atoms with Gasteiger partial charge in [-0.15, -0.1) is 0 Å². The maximum atomic E-state index is 11.5. The zero-order valence-corrected chi connectivity index (χ0v) is 17.0. The van der Waals surface area contributed by atoms with Gasteiger partial charge in [0.25, 0.3) is 5.91 Å². The summed E-state index contributed by atoms with van der Waals surface area (Å²) in [5, 5.41) is 24.3. The number of aliphatic hydroxyl groups excluding tert-OH is 2. The third kappa shape index (κ3) is 3.85. The summed E-state index contributed by atoms with van der Waals surface area (Å²) in [5.74, 6) is -0.748. The SMILES string of the molecule is CCc1cc2c(cc1CC)CC(NC[C@H](O)C1=CC=C(O)C3=NC(=O)C=CC13)C2. The van der Waals surface area contributed by atoms with E-state index in [-0.39, 0.29) is 17.6 Å². The van der Waals surface area contributed by atoms with E-state index < -0.39 is 6.10 Å². The Bertz CT molecular complexity index is 922. The lowest BCUT2D eigenvalue weighted by Gasteiger charge is -2.28. The Kier molecular flexibility index (Phi) is 5.52. The topological polar surface area (TPSA) is 81.9 Å². The Balaban J connectivity index is 1.41. The number of carbonyl (C=O) groups excluding carboxylic acids is 1. The van der Waals surface area contributed by atoms with Crippen LogP contribution in [0.25, 0.3) is 0 Å². The number of benzene rings is 1. The number of aryl methyl sites for hydroxylation is 2. The summed E-state index contributed by atoms with van der Waals surface area (Å²) in [6.07, 6.45) is 9.69. The Morgan fingerprint density at radius 2 is 1.79 bits per heavy atom. The van der Waals surface area contributed by atoms with Crippen LogP contribution < -0.4 is 5.32 Å². The zero-order chi connectivity index (χ0) is 20.5. The Labute approximate surface area is 171 Å². The van der Waals surface area contributed by atoms with E-state index in [1.54, 1.807) is 12.2 Å². The summed E-state index contributed by atoms with van der Waals surface area (Å²) >= 11 is 0. The number of hydrogen-bond acceptors (Lipinski definition) is 4. The van der Waals surface area contributed by atoms with Crippen LogP contribution in [0.3, 0.4) is 0 Å². The van der Waals surface area contributed by atoms with E-state index in [1.807, 2.05) is 0 Å². The smallest absolute Gasteiger partial charge is 0.269 e. The van der Waals surface area contributed by atoms with Crippen molar-refractivity contribution < 1.29 is 15.0 Å². The van der Waals surface area contributed by atoms with Gasteiger partial charge in [0, 0.05) is 24.6 Å². The van der Waals surface area contributed by atoms with E-state index >= 15 is 0 Å². The minimum Gasteiger partial charge on any atom is -0.506 e. The van der Waals surface area contributed by atoms with Gasteiger partial charge in [0.05, 0.1) is 11.8 Å². The molecule has 1 aliphatic heterocycles. The molecule has 3 N–H and O–H groups in total. The van der Waals surface area contributed by atoms with Gasteiger partial charge in [0.2, 0.25) is 0 Å². The number of dihydropyridines is 1. The summed E-state index contributed by atoms with van der Waals surface area (Å²) in [6.45, 7) is 4.83. The summed E-state index contributed by atoms with van der Waals surface area (Å²) in [5.41, 5.74) is 6.78. The summed E-state index contributed by atoms with van der Waals surface area (Å²) in [6, 6.07) is 5.02. The molecule has 0 spiro atoms. The molecule has 152 valence electrons. The molecular weight excluding hydrogens is 364 g/mol. The van der Waals surface area contributed by atoms with Crippen molar-refractivity contribution in [1.29, 1.82) is 0 Å². The molecule has 0 radical (unpaired) electrons. The standard InChI is InChI=1S/C24H28N2O3/c1-3-14-9-16-11-18(12-17(16)10-15(14)4-2)25-13-22(28)19-5-7-21(27)24-20(19)6-8-23(29)26-24/h5-10,18,20,22,25,27-28H,3-4,11-13H2,1-2H3/t20?,22-/m0/s1. The first-order valence-corrected chi connectivity index (χ1v) is 10.5. The third-order valence-electron chi connectivity index (χ3n) is 6.21. The van der Waals surface area contributed by atoms with Crippen LogP contribution in [0.2, 0.25) is 0 Å². The van der Waals surface area contributed by atoms with Crippen molar-refractivity contribution in [3.63, 3.8) is 0 Å². The average molecular weight is 392 g/mol. The Morgan fingerprint density at radius 3 is 2.41 bits per heavy atom. The molecule has 0 saturated heterocycles. The van der Waals surface area contributed by atoms with Gasteiger partial charge in [0.15, 0.2) is 0 Å². The van der Waals surface area contributed by atoms with Crippen molar-refractivity contribution in [2.75, 3.05) is 6.54 Å². The number of aliphatic imine (C=N–C) groups is 1. The van der Waals surface area contributed by atoms with Crippen molar-refractivity contribution >= 4 is 11.6 Å². The molecule has 0 saturated carbocycles. The molecular formula is C24H28N2O3. The molecule has 0 aromatic heterocycles. The van der Waals surface area contributed by atoms with E-state index in [1.165, 1.54) is 34.4 Å². The van der Waals surface area contributed by atoms with Crippen LogP contribution in [0.1, 0.15) is 36.1 Å². The predicted molar refractivity (Wildman–Crippen MR) is 114 cm³/mol. The second-order valence-corrected chi connectivity index (χ2v) is 8.02. The van der Waals surface area contributed by atoms with Crippen LogP contribution in [0.15, 0.2) is 52.8 Å². The number of allylic oxidation sites excluding steroid dienone is 4. The highest BCUT2D eigenvalue weighted by Gasteiger charge is 2.32. The zero-order valence-electron chi connectivity index (χ0n) is 17.0. The molecule has 4 rings (SSSR count). The van der Waals surface area contributed by atoms with Crippen LogP contribution in [0.4, 0.5) is 0 Å². The van der Waals surface area contributed by atoms with Gasteiger partial charge in [-0.25, -0.2) is 4.99 Å². The fourth-order valence-electron chi connectivity index (χ4n) is 4.64. The monoisotopic (exact) mass is 392 g/mol. The quantitative estimate of drug-likeness (QED) is 0.695. The molecule has 1 aromatic rings. The summed E-state index contributed by atoms with van der Waals surface area (Å²) in [7, 11) is 0. The second-order valence-electron chi connectivity index (χ2n) is 8.02. The van der Waals surface area contributed by atoms with Crippen LogP contribution in [-0.4, -0.2) is 40.5 Å². The van der Waals surface area contributed by atoms with Gasteiger partial charge in [-0.05, 0) is 59.6 Å². The molecule has 0 fully saturated rings. The van der Waals surface area contributed by atoms with Crippen LogP contribution >= 0.6 is 0 Å². The van der Waals surface area contributed by atoms with Crippen LogP contribution in [0, 0.1) is 5.92 Å². The largest absolute Gasteiger partial charge is 0.506 e. The van der Waals surface area contributed by atoms with Crippen molar-refractivity contribution in [1.82, 2.24) is 5.32 Å². The molecule has 2 atom stereocenters. The number of carbonyl (C=O) groups is 1. The number of rotatable bonds is 6. The first-order chi connectivity index (χ1) is 14.0. The van der Waals surface area contributed by atoms with Gasteiger partial charge in [-0.3, -0.25) is 4.79 Å². The lowest BCUT2D eigenvalue weighted by atomic mass is 9.83. The van der Waals surface area contributed by atoms with E-state index in [9.17, 15) is 15.0 Å². The molecule has 5 heteroatoms. The molecule has 1 unspecified atom stereocenters. The van der Waals surface area contributed by atoms with E-state index in [0.29, 0.717) is 18.3 Å². The number of nitrogens with one attached hydrogen (secondary N) is 1. The maximum absolute atomic E-state index is 11.5. The van der Waals surface area contributed by atoms with Crippen molar-refractivity contribution in [2.24, 2.45) is 10.9 Å².